The molecular weight excluding hydrogens is 667 g/mol. The molecule has 3 aliphatic heterocycles. The van der Waals surface area contributed by atoms with Crippen molar-refractivity contribution in [3.8, 4) is 0 Å². The van der Waals surface area contributed by atoms with E-state index in [1.54, 1.807) is 18.0 Å². The minimum absolute atomic E-state index is 0.103. The first-order valence-corrected chi connectivity index (χ1v) is 18.7. The van der Waals surface area contributed by atoms with Gasteiger partial charge in [-0.2, -0.15) is 9.40 Å². The summed E-state index contributed by atoms with van der Waals surface area (Å²) in [4.78, 5) is 29.7. The molecule has 1 aromatic carbocycles. The molecule has 0 aliphatic carbocycles. The lowest BCUT2D eigenvalue weighted by molar-refractivity contribution is -0.151. The van der Waals surface area contributed by atoms with Gasteiger partial charge in [-0.1, -0.05) is 26.0 Å². The Balaban J connectivity index is 1.33. The van der Waals surface area contributed by atoms with E-state index in [4.69, 9.17) is 9.47 Å². The first-order valence-electron chi connectivity index (χ1n) is 17.2. The number of rotatable bonds is 6. The lowest BCUT2D eigenvalue weighted by Gasteiger charge is -2.35. The number of sulfonamides is 1. The number of aliphatic hydroxyl groups excluding tert-OH is 1. The van der Waals surface area contributed by atoms with Crippen molar-refractivity contribution in [3.05, 3.63) is 59.7 Å². The maximum atomic E-state index is 15.0. The Morgan fingerprint density at radius 1 is 1.08 bits per heavy atom. The zero-order valence-corrected chi connectivity index (χ0v) is 30.0. The minimum Gasteiger partial charge on any atom is -0.457 e. The van der Waals surface area contributed by atoms with Crippen LogP contribution < -0.4 is 10.2 Å². The third-order valence-electron chi connectivity index (χ3n) is 9.54. The average molecular weight is 717 g/mol. The Labute approximate surface area is 293 Å². The quantitative estimate of drug-likeness (QED) is 0.338. The number of anilines is 1. The molecule has 0 bridgehead atoms. The molecule has 0 unspecified atom stereocenters. The fourth-order valence-electron chi connectivity index (χ4n) is 6.56. The molecule has 2 saturated heterocycles. The number of nitrogens with one attached hydrogen (secondary N) is 1. The fourth-order valence-corrected chi connectivity index (χ4v) is 7.97. The summed E-state index contributed by atoms with van der Waals surface area (Å²) in [7, 11) is -2.03. The number of cyclic esters (lactones) is 1. The van der Waals surface area contributed by atoms with Crippen LogP contribution in [0.5, 0.6) is 0 Å². The fraction of sp³-hybridized carbons (Fsp3) is 0.571. The molecule has 13 nitrogen and oxygen atoms in total. The van der Waals surface area contributed by atoms with Crippen LogP contribution in [0.15, 0.2) is 53.2 Å². The standard InChI is InChI=1S/C35H49FN6O7S/c1-24-5-7-30(43)21-33(44)49-34(25(2)6-8-32(24)48-35(45)41-11-9-37-10-12-41)26(3)17-27-18-28(36)20-29(19-27)40-13-15-42(16-14-40)50(46,47)31-22-38-39(4)23-31/h6,8,17-20,22-25,30,32,34,37,43H,5,7,9-16,21H2,1-4H3/b8-6+,26-17+/t24-,25-,30+,32-,34-/m0/s1. The maximum Gasteiger partial charge on any atom is 0.410 e. The van der Waals surface area contributed by atoms with Crippen molar-refractivity contribution < 1.29 is 37.0 Å². The number of carbonyl (C=O) groups excluding carboxylic acids is 2. The highest BCUT2D eigenvalue weighted by molar-refractivity contribution is 7.89. The van der Waals surface area contributed by atoms with Gasteiger partial charge in [0, 0.05) is 77.2 Å². The summed E-state index contributed by atoms with van der Waals surface area (Å²) in [5.74, 6) is -1.44. The van der Waals surface area contributed by atoms with E-state index in [1.165, 1.54) is 33.5 Å². The average Bonchev–Trinajstić information content (AvgIpc) is 3.54. The van der Waals surface area contributed by atoms with Gasteiger partial charge in [0.05, 0.1) is 18.7 Å². The minimum atomic E-state index is -3.69. The molecule has 4 heterocycles. The van der Waals surface area contributed by atoms with Crippen molar-refractivity contribution >= 4 is 33.8 Å². The zero-order chi connectivity index (χ0) is 36.0. The number of nitrogens with zero attached hydrogens (tertiary/aromatic N) is 5. The highest BCUT2D eigenvalue weighted by Crippen LogP contribution is 2.28. The lowest BCUT2D eigenvalue weighted by atomic mass is 9.91. The van der Waals surface area contributed by atoms with E-state index in [2.05, 4.69) is 10.4 Å². The Bertz CT molecular complexity index is 1670. The van der Waals surface area contributed by atoms with Gasteiger partial charge in [-0.05, 0) is 61.1 Å². The van der Waals surface area contributed by atoms with E-state index in [9.17, 15) is 23.1 Å². The van der Waals surface area contributed by atoms with Crippen LogP contribution in [0, 0.1) is 17.7 Å². The number of ether oxygens (including phenoxy) is 2. The number of benzene rings is 1. The molecule has 15 heteroatoms. The van der Waals surface area contributed by atoms with Crippen molar-refractivity contribution in [1.29, 1.82) is 0 Å². The summed E-state index contributed by atoms with van der Waals surface area (Å²) in [6.07, 6.45) is 6.43. The number of halogens is 1. The molecule has 50 heavy (non-hydrogen) atoms. The SMILES string of the molecule is C/C(=C\c1cc(F)cc(N2CCN(S(=O)(=O)c3cnn(C)c3)CC2)c1)[C@H]1OC(=O)C[C@H](O)CC[C@H](C)[C@@H](OC(=O)N2CCNCC2)/C=C/[C@@H]1C. The molecule has 0 spiro atoms. The number of amides is 1. The van der Waals surface area contributed by atoms with Crippen LogP contribution in [0.2, 0.25) is 0 Å². The summed E-state index contributed by atoms with van der Waals surface area (Å²) < 4.78 is 55.9. The maximum absolute atomic E-state index is 15.0. The Kier molecular flexibility index (Phi) is 12.4. The summed E-state index contributed by atoms with van der Waals surface area (Å²) in [6.45, 7) is 9.40. The molecule has 0 radical (unpaired) electrons. The van der Waals surface area contributed by atoms with E-state index in [0.29, 0.717) is 68.9 Å². The molecule has 5 rings (SSSR count). The van der Waals surface area contributed by atoms with Gasteiger partial charge in [0.1, 0.15) is 22.9 Å². The number of aliphatic hydroxyl groups is 1. The lowest BCUT2D eigenvalue weighted by Crippen LogP contribution is -2.48. The molecule has 3 aliphatic rings. The Morgan fingerprint density at radius 2 is 1.80 bits per heavy atom. The summed E-state index contributed by atoms with van der Waals surface area (Å²) in [5, 5.41) is 17.8. The highest BCUT2D eigenvalue weighted by Gasteiger charge is 2.31. The molecule has 2 aromatic rings. The molecule has 2 fully saturated rings. The second-order valence-electron chi connectivity index (χ2n) is 13.5. The molecule has 274 valence electrons. The second kappa shape index (κ2) is 16.5. The van der Waals surface area contributed by atoms with Gasteiger partial charge in [0.15, 0.2) is 0 Å². The number of esters is 1. The van der Waals surface area contributed by atoms with Gasteiger partial charge >= 0.3 is 12.1 Å². The van der Waals surface area contributed by atoms with E-state index >= 15 is 4.39 Å². The predicted octanol–water partition coefficient (Wildman–Crippen LogP) is 3.17. The smallest absolute Gasteiger partial charge is 0.410 e. The van der Waals surface area contributed by atoms with Crippen LogP contribution in [-0.2, 0) is 31.3 Å². The van der Waals surface area contributed by atoms with Gasteiger partial charge in [-0.15, -0.1) is 0 Å². The van der Waals surface area contributed by atoms with Gasteiger partial charge in [-0.3, -0.25) is 9.48 Å². The normalized spacial score (nSPS) is 27.2. The first kappa shape index (κ1) is 37.5. The van der Waals surface area contributed by atoms with Crippen molar-refractivity contribution in [2.24, 2.45) is 18.9 Å². The number of aryl methyl sites for hydroxylation is 1. The van der Waals surface area contributed by atoms with Crippen molar-refractivity contribution in [2.75, 3.05) is 57.3 Å². The van der Waals surface area contributed by atoms with Gasteiger partial charge < -0.3 is 29.7 Å². The largest absolute Gasteiger partial charge is 0.457 e. The number of carbonyl (C=O) groups is 2. The Hall–Kier alpha value is -3.79. The van der Waals surface area contributed by atoms with Crippen LogP contribution in [0.25, 0.3) is 6.08 Å². The number of piperazine rings is 2. The molecule has 1 aromatic heterocycles. The van der Waals surface area contributed by atoms with Crippen LogP contribution >= 0.6 is 0 Å². The van der Waals surface area contributed by atoms with E-state index in [-0.39, 0.29) is 42.3 Å². The third kappa shape index (κ3) is 9.50. The second-order valence-corrected chi connectivity index (χ2v) is 15.5. The van der Waals surface area contributed by atoms with Gasteiger partial charge in [0.25, 0.3) is 0 Å². The van der Waals surface area contributed by atoms with Gasteiger partial charge in [-0.25, -0.2) is 17.6 Å². The highest BCUT2D eigenvalue weighted by atomic mass is 32.2. The molecule has 1 amide bonds. The zero-order valence-electron chi connectivity index (χ0n) is 29.2. The topological polar surface area (TPSA) is 147 Å². The van der Waals surface area contributed by atoms with Crippen molar-refractivity contribution in [2.45, 2.75) is 63.2 Å². The number of hydrogen-bond donors (Lipinski definition) is 2. The molecule has 0 saturated carbocycles. The first-order chi connectivity index (χ1) is 23.8. The molecule has 5 atom stereocenters. The third-order valence-corrected chi connectivity index (χ3v) is 11.4. The summed E-state index contributed by atoms with van der Waals surface area (Å²) in [5.41, 5.74) is 1.82. The van der Waals surface area contributed by atoms with Crippen LogP contribution in [-0.4, -0.2) is 115 Å². The van der Waals surface area contributed by atoms with Crippen molar-refractivity contribution in [3.63, 3.8) is 0 Å². The van der Waals surface area contributed by atoms with Crippen LogP contribution in [0.4, 0.5) is 14.9 Å². The number of aromatic nitrogens is 2. The summed E-state index contributed by atoms with van der Waals surface area (Å²) >= 11 is 0. The van der Waals surface area contributed by atoms with Gasteiger partial charge in [0.2, 0.25) is 10.0 Å². The molecule has 2 N–H and O–H groups in total. The molecular formula is C35H49FN6O7S. The monoisotopic (exact) mass is 716 g/mol. The van der Waals surface area contributed by atoms with Crippen LogP contribution in [0.3, 0.4) is 0 Å². The van der Waals surface area contributed by atoms with Crippen molar-refractivity contribution in [1.82, 2.24) is 24.3 Å². The predicted molar refractivity (Wildman–Crippen MR) is 186 cm³/mol. The summed E-state index contributed by atoms with van der Waals surface area (Å²) in [6, 6.07) is 4.64. The van der Waals surface area contributed by atoms with E-state index < -0.39 is 40.1 Å². The number of hydrogen-bond acceptors (Lipinski definition) is 10. The van der Waals surface area contributed by atoms with E-state index in [1.807, 2.05) is 43.9 Å². The Morgan fingerprint density at radius 3 is 2.48 bits per heavy atom. The van der Waals surface area contributed by atoms with Crippen LogP contribution in [0.1, 0.15) is 45.6 Å². The van der Waals surface area contributed by atoms with E-state index in [0.717, 1.165) is 0 Å².